The fourth-order valence-corrected chi connectivity index (χ4v) is 3.54. The molecule has 2 heterocycles. The Morgan fingerprint density at radius 3 is 2.64 bits per heavy atom. The van der Waals surface area contributed by atoms with Crippen LogP contribution >= 0.6 is 0 Å². The summed E-state index contributed by atoms with van der Waals surface area (Å²) in [7, 11) is 0. The molecular weight excluding hydrogens is 316 g/mol. The van der Waals surface area contributed by atoms with Gasteiger partial charge in [0.05, 0.1) is 6.54 Å². The summed E-state index contributed by atoms with van der Waals surface area (Å²) in [5, 5.41) is 0. The zero-order chi connectivity index (χ0) is 17.8. The fraction of sp³-hybridized carbons (Fsp3) is 0.600. The van der Waals surface area contributed by atoms with E-state index in [0.29, 0.717) is 26.1 Å². The highest BCUT2D eigenvalue weighted by molar-refractivity contribution is 5.76. The Bertz CT molecular complexity index is 636. The predicted octanol–water partition coefficient (Wildman–Crippen LogP) is 2.62. The van der Waals surface area contributed by atoms with Crippen molar-refractivity contribution in [3.8, 4) is 5.75 Å². The van der Waals surface area contributed by atoms with Crippen molar-refractivity contribution in [2.75, 3.05) is 26.2 Å². The fourth-order valence-electron chi connectivity index (χ4n) is 3.54. The summed E-state index contributed by atoms with van der Waals surface area (Å²) in [4.78, 5) is 27.9. The molecule has 0 N–H and O–H groups in total. The van der Waals surface area contributed by atoms with Crippen molar-refractivity contribution in [1.29, 1.82) is 0 Å². The van der Waals surface area contributed by atoms with E-state index in [2.05, 4.69) is 13.0 Å². The first kappa shape index (κ1) is 17.8. The molecule has 0 radical (unpaired) electrons. The van der Waals surface area contributed by atoms with E-state index in [1.807, 2.05) is 17.0 Å². The largest absolute Gasteiger partial charge is 0.491 e. The van der Waals surface area contributed by atoms with Gasteiger partial charge in [-0.3, -0.25) is 9.59 Å². The third-order valence-corrected chi connectivity index (χ3v) is 5.31. The van der Waals surface area contributed by atoms with Crippen molar-refractivity contribution in [3.05, 3.63) is 29.3 Å². The van der Waals surface area contributed by atoms with Crippen LogP contribution in [0, 0.1) is 5.92 Å². The van der Waals surface area contributed by atoms with Gasteiger partial charge < -0.3 is 14.5 Å². The number of aryl methyl sites for hydroxylation is 1. The molecule has 0 saturated carbocycles. The average molecular weight is 344 g/mol. The standard InChI is InChI=1S/C20H28N2O3/c1-15-7-9-21(10-8-15)20(24)6-4-17-3-5-19-18(13-17)14-22(16(2)23)11-12-25-19/h3,5,13,15H,4,6-12,14H2,1-2H3. The lowest BCUT2D eigenvalue weighted by atomic mass is 9.98. The van der Waals surface area contributed by atoms with Crippen LogP contribution < -0.4 is 4.74 Å². The van der Waals surface area contributed by atoms with E-state index in [4.69, 9.17) is 4.74 Å². The maximum Gasteiger partial charge on any atom is 0.222 e. The molecule has 25 heavy (non-hydrogen) atoms. The van der Waals surface area contributed by atoms with Crippen LogP contribution in [0.2, 0.25) is 0 Å². The zero-order valence-electron chi connectivity index (χ0n) is 15.3. The van der Waals surface area contributed by atoms with Crippen molar-refractivity contribution in [2.45, 2.75) is 46.1 Å². The highest BCUT2D eigenvalue weighted by Crippen LogP contribution is 2.25. The van der Waals surface area contributed by atoms with Gasteiger partial charge in [-0.05, 0) is 36.8 Å². The molecule has 0 aliphatic carbocycles. The van der Waals surface area contributed by atoms with Crippen LogP contribution in [-0.4, -0.2) is 47.9 Å². The summed E-state index contributed by atoms with van der Waals surface area (Å²) < 4.78 is 5.75. The van der Waals surface area contributed by atoms with E-state index in [-0.39, 0.29) is 11.8 Å². The van der Waals surface area contributed by atoms with E-state index in [9.17, 15) is 9.59 Å². The van der Waals surface area contributed by atoms with Crippen LogP contribution in [0.4, 0.5) is 0 Å². The van der Waals surface area contributed by atoms with Crippen molar-refractivity contribution >= 4 is 11.8 Å². The maximum absolute atomic E-state index is 12.4. The molecule has 0 aromatic heterocycles. The number of carbonyl (C=O) groups excluding carboxylic acids is 2. The van der Waals surface area contributed by atoms with Crippen molar-refractivity contribution < 1.29 is 14.3 Å². The van der Waals surface area contributed by atoms with Crippen molar-refractivity contribution in [3.63, 3.8) is 0 Å². The van der Waals surface area contributed by atoms with Crippen LogP contribution in [0.5, 0.6) is 5.75 Å². The highest BCUT2D eigenvalue weighted by atomic mass is 16.5. The van der Waals surface area contributed by atoms with Gasteiger partial charge in [0.15, 0.2) is 0 Å². The van der Waals surface area contributed by atoms with Crippen LogP contribution in [0.15, 0.2) is 18.2 Å². The number of benzene rings is 1. The van der Waals surface area contributed by atoms with Gasteiger partial charge in [0.2, 0.25) is 11.8 Å². The smallest absolute Gasteiger partial charge is 0.222 e. The third-order valence-electron chi connectivity index (χ3n) is 5.31. The predicted molar refractivity (Wildman–Crippen MR) is 96.3 cm³/mol. The molecule has 1 aromatic rings. The van der Waals surface area contributed by atoms with Gasteiger partial charge in [0, 0.05) is 38.5 Å². The number of amides is 2. The molecule has 0 spiro atoms. The molecule has 3 rings (SSSR count). The topological polar surface area (TPSA) is 49.9 Å². The van der Waals surface area contributed by atoms with Gasteiger partial charge in [0.1, 0.15) is 12.4 Å². The number of ether oxygens (including phenoxy) is 1. The number of likely N-dealkylation sites (tertiary alicyclic amines) is 1. The van der Waals surface area contributed by atoms with Gasteiger partial charge >= 0.3 is 0 Å². The number of fused-ring (bicyclic) bond motifs is 1. The second-order valence-corrected chi connectivity index (χ2v) is 7.29. The molecule has 5 nitrogen and oxygen atoms in total. The molecule has 1 fully saturated rings. The molecule has 2 aliphatic heterocycles. The summed E-state index contributed by atoms with van der Waals surface area (Å²) in [6, 6.07) is 6.09. The van der Waals surface area contributed by atoms with Crippen molar-refractivity contribution in [2.24, 2.45) is 5.92 Å². The Morgan fingerprint density at radius 1 is 1.16 bits per heavy atom. The normalized spacial score (nSPS) is 18.3. The molecular formula is C20H28N2O3. The molecule has 5 heteroatoms. The lowest BCUT2D eigenvalue weighted by molar-refractivity contribution is -0.132. The summed E-state index contributed by atoms with van der Waals surface area (Å²) in [5.41, 5.74) is 2.16. The van der Waals surface area contributed by atoms with Crippen LogP contribution in [0.25, 0.3) is 0 Å². The Morgan fingerprint density at radius 2 is 1.92 bits per heavy atom. The minimum atomic E-state index is 0.0661. The summed E-state index contributed by atoms with van der Waals surface area (Å²) in [6.07, 6.45) is 3.51. The number of hydrogen-bond acceptors (Lipinski definition) is 3. The van der Waals surface area contributed by atoms with E-state index in [1.165, 1.54) is 0 Å². The Balaban J connectivity index is 1.60. The number of rotatable bonds is 3. The Hall–Kier alpha value is -2.04. The minimum Gasteiger partial charge on any atom is -0.491 e. The number of nitrogens with zero attached hydrogens (tertiary/aromatic N) is 2. The monoisotopic (exact) mass is 344 g/mol. The van der Waals surface area contributed by atoms with Gasteiger partial charge in [-0.1, -0.05) is 19.1 Å². The SMILES string of the molecule is CC(=O)N1CCOc2ccc(CCC(=O)N3CCC(C)CC3)cc2C1. The Labute approximate surface area is 149 Å². The van der Waals surface area contributed by atoms with Gasteiger partial charge in [-0.2, -0.15) is 0 Å². The van der Waals surface area contributed by atoms with E-state index in [1.54, 1.807) is 11.8 Å². The summed E-state index contributed by atoms with van der Waals surface area (Å²) in [6.45, 7) is 7.35. The van der Waals surface area contributed by atoms with E-state index < -0.39 is 0 Å². The second-order valence-electron chi connectivity index (χ2n) is 7.29. The lowest BCUT2D eigenvalue weighted by Gasteiger charge is -2.30. The molecule has 0 bridgehead atoms. The maximum atomic E-state index is 12.4. The average Bonchev–Trinajstić information content (AvgIpc) is 2.82. The molecule has 0 unspecified atom stereocenters. The number of piperidine rings is 1. The quantitative estimate of drug-likeness (QED) is 0.847. The number of hydrogen-bond donors (Lipinski definition) is 0. The van der Waals surface area contributed by atoms with Crippen LogP contribution in [-0.2, 0) is 22.6 Å². The zero-order valence-corrected chi connectivity index (χ0v) is 15.3. The molecule has 1 aromatic carbocycles. The minimum absolute atomic E-state index is 0.0661. The lowest BCUT2D eigenvalue weighted by Crippen LogP contribution is -2.38. The van der Waals surface area contributed by atoms with Gasteiger partial charge in [0.25, 0.3) is 0 Å². The summed E-state index contributed by atoms with van der Waals surface area (Å²) >= 11 is 0. The van der Waals surface area contributed by atoms with Crippen LogP contribution in [0.3, 0.4) is 0 Å². The molecule has 2 amide bonds. The second kappa shape index (κ2) is 7.89. The first-order valence-corrected chi connectivity index (χ1v) is 9.31. The van der Waals surface area contributed by atoms with Gasteiger partial charge in [-0.15, -0.1) is 0 Å². The van der Waals surface area contributed by atoms with Crippen molar-refractivity contribution in [1.82, 2.24) is 9.80 Å². The first-order chi connectivity index (χ1) is 12.0. The summed E-state index contributed by atoms with van der Waals surface area (Å²) in [5.74, 6) is 1.90. The number of carbonyl (C=O) groups is 2. The van der Waals surface area contributed by atoms with Gasteiger partial charge in [-0.25, -0.2) is 0 Å². The first-order valence-electron chi connectivity index (χ1n) is 9.31. The third kappa shape index (κ3) is 4.53. The highest BCUT2D eigenvalue weighted by Gasteiger charge is 2.21. The Kier molecular flexibility index (Phi) is 5.61. The molecule has 136 valence electrons. The van der Waals surface area contributed by atoms with E-state index >= 15 is 0 Å². The van der Waals surface area contributed by atoms with E-state index in [0.717, 1.165) is 55.1 Å². The molecule has 2 aliphatic rings. The molecule has 1 saturated heterocycles. The van der Waals surface area contributed by atoms with Crippen LogP contribution in [0.1, 0.15) is 44.2 Å². The molecule has 0 atom stereocenters.